The van der Waals surface area contributed by atoms with E-state index in [0.717, 1.165) is 72.4 Å². The summed E-state index contributed by atoms with van der Waals surface area (Å²) in [6, 6.07) is 15.5. The summed E-state index contributed by atoms with van der Waals surface area (Å²) >= 11 is 0. The summed E-state index contributed by atoms with van der Waals surface area (Å²) in [6.07, 6.45) is 5.11. The third-order valence-corrected chi connectivity index (χ3v) is 7.87. The van der Waals surface area contributed by atoms with E-state index in [0.29, 0.717) is 29.2 Å². The second-order valence-corrected chi connectivity index (χ2v) is 10.5. The molecule has 6 rings (SSSR count). The van der Waals surface area contributed by atoms with Gasteiger partial charge in [0.25, 0.3) is 5.91 Å². The van der Waals surface area contributed by atoms with E-state index >= 15 is 0 Å². The molecule has 41 heavy (non-hydrogen) atoms. The Morgan fingerprint density at radius 1 is 1.10 bits per heavy atom. The Morgan fingerprint density at radius 2 is 1.93 bits per heavy atom. The SMILES string of the molecule is COc1cc(N2CCN(C)CC2)ccc1Nc1ncc2c(n1)-n1ccc(C(=O)Nc3c(C)cccc3C#N)c1CC2. The molecule has 0 bridgehead atoms. The number of piperazine rings is 1. The van der Waals surface area contributed by atoms with Crippen LogP contribution in [-0.2, 0) is 12.8 Å². The second-order valence-electron chi connectivity index (χ2n) is 10.5. The van der Waals surface area contributed by atoms with Crippen LogP contribution in [-0.4, -0.2) is 65.7 Å². The van der Waals surface area contributed by atoms with Crippen molar-refractivity contribution in [3.8, 4) is 17.6 Å². The maximum atomic E-state index is 13.3. The number of likely N-dealkylation sites (N-methyl/N-ethyl adjacent to an activating group) is 1. The van der Waals surface area contributed by atoms with E-state index in [1.165, 1.54) is 0 Å². The van der Waals surface area contributed by atoms with Crippen LogP contribution in [0, 0.1) is 18.3 Å². The molecule has 1 amide bonds. The van der Waals surface area contributed by atoms with Crippen LogP contribution < -0.4 is 20.3 Å². The fourth-order valence-electron chi connectivity index (χ4n) is 5.49. The Hall–Kier alpha value is -4.88. The first kappa shape index (κ1) is 26.3. The average Bonchev–Trinajstić information content (AvgIpc) is 3.44. The number of hydrogen-bond acceptors (Lipinski definition) is 8. The predicted octanol–water partition coefficient (Wildman–Crippen LogP) is 4.30. The fourth-order valence-corrected chi connectivity index (χ4v) is 5.49. The number of aromatic nitrogens is 3. The molecule has 2 aromatic carbocycles. The molecule has 2 aliphatic rings. The zero-order valence-electron chi connectivity index (χ0n) is 23.4. The second kappa shape index (κ2) is 10.9. The number of benzene rings is 2. The number of carbonyl (C=O) groups excluding carboxylic acids is 1. The number of hydrogen-bond donors (Lipinski definition) is 2. The van der Waals surface area contributed by atoms with Crippen LogP contribution in [0.5, 0.6) is 5.75 Å². The van der Waals surface area contributed by atoms with Gasteiger partial charge in [-0.3, -0.25) is 4.79 Å². The van der Waals surface area contributed by atoms with E-state index in [-0.39, 0.29) is 5.91 Å². The molecule has 208 valence electrons. The molecule has 4 heterocycles. The highest BCUT2D eigenvalue weighted by Crippen LogP contribution is 2.33. The molecule has 0 unspecified atom stereocenters. The molecule has 0 aliphatic carbocycles. The fraction of sp³-hybridized carbons (Fsp3) is 0.290. The molecule has 4 aromatic rings. The lowest BCUT2D eigenvalue weighted by atomic mass is 10.0. The Labute approximate surface area is 239 Å². The Bertz CT molecular complexity index is 1660. The maximum Gasteiger partial charge on any atom is 0.257 e. The number of para-hydroxylation sites is 1. The average molecular weight is 549 g/mol. The van der Waals surface area contributed by atoms with E-state index in [1.54, 1.807) is 19.2 Å². The molecule has 1 saturated heterocycles. The van der Waals surface area contributed by atoms with Gasteiger partial charge in [0.2, 0.25) is 5.95 Å². The van der Waals surface area contributed by atoms with Gasteiger partial charge in [0, 0.05) is 61.6 Å². The molecule has 2 aliphatic heterocycles. The molecule has 2 aromatic heterocycles. The first-order valence-electron chi connectivity index (χ1n) is 13.7. The van der Waals surface area contributed by atoms with Gasteiger partial charge in [-0.1, -0.05) is 12.1 Å². The molecule has 10 nitrogen and oxygen atoms in total. The smallest absolute Gasteiger partial charge is 0.257 e. The van der Waals surface area contributed by atoms with Gasteiger partial charge in [0.15, 0.2) is 0 Å². The van der Waals surface area contributed by atoms with Gasteiger partial charge < -0.3 is 29.7 Å². The summed E-state index contributed by atoms with van der Waals surface area (Å²) in [7, 11) is 3.81. The lowest BCUT2D eigenvalue weighted by Gasteiger charge is -2.34. The highest BCUT2D eigenvalue weighted by atomic mass is 16.5. The minimum Gasteiger partial charge on any atom is -0.494 e. The van der Waals surface area contributed by atoms with E-state index < -0.39 is 0 Å². The predicted molar refractivity (Wildman–Crippen MR) is 159 cm³/mol. The van der Waals surface area contributed by atoms with E-state index in [2.05, 4.69) is 44.6 Å². The number of carbonyl (C=O) groups is 1. The van der Waals surface area contributed by atoms with Gasteiger partial charge in [-0.2, -0.15) is 10.2 Å². The number of nitrogens with zero attached hydrogens (tertiary/aromatic N) is 6. The van der Waals surface area contributed by atoms with Gasteiger partial charge in [0.05, 0.1) is 29.6 Å². The van der Waals surface area contributed by atoms with E-state index in [4.69, 9.17) is 9.72 Å². The van der Waals surface area contributed by atoms with Gasteiger partial charge in [0.1, 0.15) is 17.6 Å². The molecule has 1 fully saturated rings. The zero-order chi connectivity index (χ0) is 28.5. The number of aryl methyl sites for hydroxylation is 2. The van der Waals surface area contributed by atoms with Crippen LogP contribution in [0.15, 0.2) is 54.9 Å². The third kappa shape index (κ3) is 5.08. The molecule has 10 heteroatoms. The molecule has 0 spiro atoms. The van der Waals surface area contributed by atoms with Crippen molar-refractivity contribution in [1.82, 2.24) is 19.4 Å². The van der Waals surface area contributed by atoms with Crippen LogP contribution in [0.1, 0.15) is 32.7 Å². The van der Waals surface area contributed by atoms with Crippen molar-refractivity contribution in [3.05, 3.63) is 82.8 Å². The van der Waals surface area contributed by atoms with Gasteiger partial charge in [-0.15, -0.1) is 0 Å². The Kier molecular flexibility index (Phi) is 7.03. The largest absolute Gasteiger partial charge is 0.494 e. The van der Waals surface area contributed by atoms with Gasteiger partial charge in [-0.05, 0) is 56.6 Å². The summed E-state index contributed by atoms with van der Waals surface area (Å²) in [6.45, 7) is 5.89. The quantitative estimate of drug-likeness (QED) is 0.367. The minimum atomic E-state index is -0.245. The molecule has 0 radical (unpaired) electrons. The van der Waals surface area contributed by atoms with Crippen LogP contribution in [0.25, 0.3) is 5.82 Å². The van der Waals surface area contributed by atoms with Gasteiger partial charge >= 0.3 is 0 Å². The molecule has 2 N–H and O–H groups in total. The Balaban J connectivity index is 1.25. The summed E-state index contributed by atoms with van der Waals surface area (Å²) in [5.41, 5.74) is 6.17. The lowest BCUT2D eigenvalue weighted by molar-refractivity contribution is 0.102. The maximum absolute atomic E-state index is 13.3. The summed E-state index contributed by atoms with van der Waals surface area (Å²) in [4.78, 5) is 27.4. The van der Waals surface area contributed by atoms with Gasteiger partial charge in [-0.25, -0.2) is 4.98 Å². The normalized spacial score (nSPS) is 14.5. The van der Waals surface area contributed by atoms with Crippen molar-refractivity contribution < 1.29 is 9.53 Å². The standard InChI is InChI=1S/C31H32N8O2/c1-20-5-4-6-21(18-32)28(20)35-30(40)24-11-12-39-26(24)10-7-22-19-33-31(36-29(22)39)34-25-9-8-23(17-27(25)41-3)38-15-13-37(2)14-16-38/h4-6,8-9,11-12,17,19H,7,10,13-16H2,1-3H3,(H,35,40)(H,33,34,36). The van der Waals surface area contributed by atoms with Crippen LogP contribution in [0.2, 0.25) is 0 Å². The monoisotopic (exact) mass is 548 g/mol. The number of ether oxygens (including phenoxy) is 1. The summed E-state index contributed by atoms with van der Waals surface area (Å²) in [5.74, 6) is 1.66. The zero-order valence-corrected chi connectivity index (χ0v) is 23.4. The van der Waals surface area contributed by atoms with Crippen molar-refractivity contribution in [3.63, 3.8) is 0 Å². The molecule has 0 saturated carbocycles. The van der Waals surface area contributed by atoms with E-state index in [9.17, 15) is 10.1 Å². The minimum absolute atomic E-state index is 0.245. The van der Waals surface area contributed by atoms with Crippen molar-refractivity contribution in [2.45, 2.75) is 19.8 Å². The van der Waals surface area contributed by atoms with Crippen LogP contribution in [0.3, 0.4) is 0 Å². The molecule has 0 atom stereocenters. The first-order valence-corrected chi connectivity index (χ1v) is 13.7. The van der Waals surface area contributed by atoms with Crippen LogP contribution >= 0.6 is 0 Å². The van der Waals surface area contributed by atoms with Crippen LogP contribution in [0.4, 0.5) is 23.0 Å². The number of anilines is 4. The number of nitriles is 1. The molecular formula is C31H32N8O2. The summed E-state index contributed by atoms with van der Waals surface area (Å²) < 4.78 is 7.67. The van der Waals surface area contributed by atoms with Crippen molar-refractivity contribution >= 4 is 28.9 Å². The van der Waals surface area contributed by atoms with E-state index in [1.807, 2.05) is 48.1 Å². The molecular weight excluding hydrogens is 516 g/mol. The van der Waals surface area contributed by atoms with Crippen molar-refractivity contribution in [1.29, 1.82) is 5.26 Å². The third-order valence-electron chi connectivity index (χ3n) is 7.87. The lowest BCUT2D eigenvalue weighted by Crippen LogP contribution is -2.44. The first-order chi connectivity index (χ1) is 19.9. The number of methoxy groups -OCH3 is 1. The number of rotatable bonds is 6. The Morgan fingerprint density at radius 3 is 2.71 bits per heavy atom. The number of fused-ring (bicyclic) bond motifs is 3. The topological polar surface area (TPSA) is 111 Å². The highest BCUT2D eigenvalue weighted by molar-refractivity contribution is 6.06. The summed E-state index contributed by atoms with van der Waals surface area (Å²) in [5, 5.41) is 15.8. The number of amides is 1. The van der Waals surface area contributed by atoms with Crippen molar-refractivity contribution in [2.75, 3.05) is 55.9 Å². The highest BCUT2D eigenvalue weighted by Gasteiger charge is 2.25. The van der Waals surface area contributed by atoms with Crippen molar-refractivity contribution in [2.24, 2.45) is 0 Å². The number of nitrogens with one attached hydrogen (secondary N) is 2.